The molecule has 9 aromatic rings. The minimum absolute atomic E-state index is 0.837. The van der Waals surface area contributed by atoms with E-state index in [-0.39, 0.29) is 0 Å². The number of aromatic nitrogens is 6. The van der Waals surface area contributed by atoms with Gasteiger partial charge in [-0.1, -0.05) is 96.1 Å². The Bertz CT molecular complexity index is 2340. The van der Waals surface area contributed by atoms with Gasteiger partial charge in [0.1, 0.15) is 0 Å². The van der Waals surface area contributed by atoms with E-state index in [4.69, 9.17) is 20.4 Å². The Hall–Kier alpha value is -5.62. The van der Waals surface area contributed by atoms with Crippen LogP contribution in [0, 0.1) is 13.8 Å². The van der Waals surface area contributed by atoms with Crippen molar-refractivity contribution in [2.75, 3.05) is 0 Å². The van der Waals surface area contributed by atoms with Crippen LogP contribution in [0.25, 0.3) is 77.4 Å². The van der Waals surface area contributed by atoms with E-state index in [9.17, 15) is 0 Å². The SMILES string of the molecule is Cc1ccc(-c2nnc3c4cc5c6ccccc6n6c(-c7ccc(C)cc7)nnc6c5cc4c4ccccc4n23)cc1. The fourth-order valence-corrected chi connectivity index (χ4v) is 6.36. The molecular formula is C36H24N6. The summed E-state index contributed by atoms with van der Waals surface area (Å²) in [5, 5.41) is 25.6. The third-order valence-corrected chi connectivity index (χ3v) is 8.46. The van der Waals surface area contributed by atoms with Gasteiger partial charge in [0.15, 0.2) is 22.9 Å². The highest BCUT2D eigenvalue weighted by atomic mass is 15.3. The second-order valence-corrected chi connectivity index (χ2v) is 11.1. The lowest BCUT2D eigenvalue weighted by Gasteiger charge is -2.13. The summed E-state index contributed by atoms with van der Waals surface area (Å²) in [7, 11) is 0. The first kappa shape index (κ1) is 23.1. The van der Waals surface area contributed by atoms with Crippen LogP contribution in [0.5, 0.6) is 0 Å². The molecule has 5 aromatic carbocycles. The van der Waals surface area contributed by atoms with Crippen LogP contribution in [0.3, 0.4) is 0 Å². The lowest BCUT2D eigenvalue weighted by Crippen LogP contribution is -1.97. The lowest BCUT2D eigenvalue weighted by molar-refractivity contribution is 1.12. The third-order valence-electron chi connectivity index (χ3n) is 8.46. The van der Waals surface area contributed by atoms with Gasteiger partial charge >= 0.3 is 0 Å². The summed E-state index contributed by atoms with van der Waals surface area (Å²) < 4.78 is 4.39. The monoisotopic (exact) mass is 540 g/mol. The third kappa shape index (κ3) is 3.14. The maximum Gasteiger partial charge on any atom is 0.169 e. The van der Waals surface area contributed by atoms with Crippen molar-refractivity contribution in [3.05, 3.63) is 120 Å². The van der Waals surface area contributed by atoms with Crippen molar-refractivity contribution >= 4 is 54.6 Å². The van der Waals surface area contributed by atoms with Crippen molar-refractivity contribution in [2.45, 2.75) is 13.8 Å². The minimum Gasteiger partial charge on any atom is -0.274 e. The molecule has 6 nitrogen and oxygen atoms in total. The Kier molecular flexibility index (Phi) is 4.65. The summed E-state index contributed by atoms with van der Waals surface area (Å²) in [6.07, 6.45) is 0. The second kappa shape index (κ2) is 8.44. The Balaban J connectivity index is 1.45. The Morgan fingerprint density at radius 2 is 0.810 bits per heavy atom. The predicted octanol–water partition coefficient (Wildman–Crippen LogP) is 8.34. The Morgan fingerprint density at radius 3 is 1.24 bits per heavy atom. The zero-order chi connectivity index (χ0) is 27.9. The fraction of sp³-hybridized carbons (Fsp3) is 0.0556. The highest BCUT2D eigenvalue weighted by Gasteiger charge is 2.20. The molecule has 0 unspecified atom stereocenters. The van der Waals surface area contributed by atoms with Crippen LogP contribution in [0.4, 0.5) is 0 Å². The Morgan fingerprint density at radius 1 is 0.405 bits per heavy atom. The summed E-state index contributed by atoms with van der Waals surface area (Å²) in [5.41, 5.74) is 8.32. The average molecular weight is 541 g/mol. The quantitative estimate of drug-likeness (QED) is 0.163. The maximum absolute atomic E-state index is 4.78. The van der Waals surface area contributed by atoms with Crippen LogP contribution in [0.15, 0.2) is 109 Å². The molecule has 6 heteroatoms. The molecule has 0 aliphatic heterocycles. The summed E-state index contributed by atoms with van der Waals surface area (Å²) in [5.74, 6) is 1.67. The first-order valence-electron chi connectivity index (χ1n) is 14.1. The van der Waals surface area contributed by atoms with Crippen LogP contribution >= 0.6 is 0 Å². The van der Waals surface area contributed by atoms with Gasteiger partial charge in [-0.3, -0.25) is 8.80 Å². The van der Waals surface area contributed by atoms with E-state index in [0.717, 1.165) is 77.4 Å². The van der Waals surface area contributed by atoms with Crippen molar-refractivity contribution in [1.29, 1.82) is 0 Å². The number of pyridine rings is 2. The lowest BCUT2D eigenvalue weighted by atomic mass is 9.98. The number of hydrogen-bond acceptors (Lipinski definition) is 4. The van der Waals surface area contributed by atoms with Gasteiger partial charge in [-0.25, -0.2) is 0 Å². The van der Waals surface area contributed by atoms with Crippen LogP contribution in [0.1, 0.15) is 11.1 Å². The molecule has 0 aliphatic rings. The first-order chi connectivity index (χ1) is 20.7. The summed E-state index contributed by atoms with van der Waals surface area (Å²) in [6.45, 7) is 4.19. The van der Waals surface area contributed by atoms with Gasteiger partial charge in [0.2, 0.25) is 0 Å². The van der Waals surface area contributed by atoms with E-state index in [1.165, 1.54) is 11.1 Å². The summed E-state index contributed by atoms with van der Waals surface area (Å²) >= 11 is 0. The summed E-state index contributed by atoms with van der Waals surface area (Å²) in [4.78, 5) is 0. The molecule has 0 aliphatic carbocycles. The number of nitrogens with zero attached hydrogens (tertiary/aromatic N) is 6. The molecular weight excluding hydrogens is 516 g/mol. The molecule has 0 atom stereocenters. The van der Waals surface area contributed by atoms with Crippen LogP contribution in [-0.4, -0.2) is 29.2 Å². The standard InChI is InChI=1S/C36H24N6/c1-21-11-15-23(16-12-21)33-37-39-35-29-19-28-26-8-4-6-10-32(26)42-34(24-17-13-22(2)14-18-24)38-40-36(42)30(28)20-27(29)25-7-3-5-9-31(25)41(33)35/h3-20H,1-2H3. The van der Waals surface area contributed by atoms with E-state index in [1.54, 1.807) is 0 Å². The van der Waals surface area contributed by atoms with E-state index in [2.05, 4.69) is 132 Å². The van der Waals surface area contributed by atoms with Crippen LogP contribution in [0.2, 0.25) is 0 Å². The van der Waals surface area contributed by atoms with Gasteiger partial charge in [-0.05, 0) is 48.9 Å². The van der Waals surface area contributed by atoms with Gasteiger partial charge in [0.05, 0.1) is 11.0 Å². The smallest absolute Gasteiger partial charge is 0.169 e. The average Bonchev–Trinajstić information content (AvgIpc) is 3.68. The first-order valence-corrected chi connectivity index (χ1v) is 14.1. The van der Waals surface area contributed by atoms with Crippen molar-refractivity contribution in [3.8, 4) is 22.8 Å². The van der Waals surface area contributed by atoms with E-state index in [1.807, 2.05) is 0 Å². The molecule has 0 N–H and O–H groups in total. The number of rotatable bonds is 2. The molecule has 4 aromatic heterocycles. The number of aryl methyl sites for hydroxylation is 2. The number of fused-ring (bicyclic) bond motifs is 12. The van der Waals surface area contributed by atoms with Gasteiger partial charge in [0, 0.05) is 32.7 Å². The van der Waals surface area contributed by atoms with Gasteiger partial charge in [-0.2, -0.15) is 0 Å². The molecule has 198 valence electrons. The second-order valence-electron chi connectivity index (χ2n) is 11.1. The van der Waals surface area contributed by atoms with Crippen molar-refractivity contribution in [3.63, 3.8) is 0 Å². The molecule has 0 bridgehead atoms. The van der Waals surface area contributed by atoms with E-state index >= 15 is 0 Å². The molecule has 0 saturated heterocycles. The fourth-order valence-electron chi connectivity index (χ4n) is 6.36. The van der Waals surface area contributed by atoms with Crippen LogP contribution in [-0.2, 0) is 0 Å². The van der Waals surface area contributed by atoms with Crippen molar-refractivity contribution in [1.82, 2.24) is 29.2 Å². The largest absolute Gasteiger partial charge is 0.274 e. The zero-order valence-corrected chi connectivity index (χ0v) is 23.1. The van der Waals surface area contributed by atoms with E-state index < -0.39 is 0 Å². The molecule has 0 amide bonds. The highest BCUT2D eigenvalue weighted by molar-refractivity contribution is 6.22. The molecule has 0 spiro atoms. The predicted molar refractivity (Wildman–Crippen MR) is 170 cm³/mol. The van der Waals surface area contributed by atoms with Crippen LogP contribution < -0.4 is 0 Å². The maximum atomic E-state index is 4.78. The van der Waals surface area contributed by atoms with E-state index in [0.29, 0.717) is 0 Å². The molecule has 42 heavy (non-hydrogen) atoms. The van der Waals surface area contributed by atoms with Gasteiger partial charge in [-0.15, -0.1) is 20.4 Å². The highest BCUT2D eigenvalue weighted by Crippen LogP contribution is 2.39. The van der Waals surface area contributed by atoms with Gasteiger partial charge in [0.25, 0.3) is 0 Å². The number of hydrogen-bond donors (Lipinski definition) is 0. The molecule has 0 saturated carbocycles. The Labute approximate surface area is 240 Å². The topological polar surface area (TPSA) is 60.4 Å². The van der Waals surface area contributed by atoms with Crippen molar-refractivity contribution in [2.24, 2.45) is 0 Å². The number of para-hydroxylation sites is 2. The van der Waals surface area contributed by atoms with Gasteiger partial charge < -0.3 is 0 Å². The zero-order valence-electron chi connectivity index (χ0n) is 23.1. The van der Waals surface area contributed by atoms with Crippen molar-refractivity contribution < 1.29 is 0 Å². The molecule has 4 heterocycles. The molecule has 0 radical (unpaired) electrons. The molecule has 9 rings (SSSR count). The summed E-state index contributed by atoms with van der Waals surface area (Å²) in [6, 6.07) is 38.5. The number of benzene rings is 5. The normalized spacial score (nSPS) is 12.0. The molecule has 0 fully saturated rings. The minimum atomic E-state index is 0.837.